The van der Waals surface area contributed by atoms with Crippen molar-refractivity contribution in [2.75, 3.05) is 19.4 Å². The van der Waals surface area contributed by atoms with Gasteiger partial charge in [-0.05, 0) is 29.9 Å². The zero-order chi connectivity index (χ0) is 23.6. The number of hydrogen-bond acceptors (Lipinski definition) is 6. The summed E-state index contributed by atoms with van der Waals surface area (Å²) < 4.78 is 55.7. The fourth-order valence-corrected chi connectivity index (χ4v) is 4.86. The molecule has 174 valence electrons. The van der Waals surface area contributed by atoms with Gasteiger partial charge in [0.1, 0.15) is 6.54 Å². The second-order valence-corrected chi connectivity index (χ2v) is 10.3. The average Bonchev–Trinajstić information content (AvgIpc) is 2.76. The lowest BCUT2D eigenvalue weighted by molar-refractivity contribution is -0.186. The van der Waals surface area contributed by atoms with Crippen molar-refractivity contribution in [1.82, 2.24) is 4.90 Å². The fraction of sp³-hybridized carbons (Fsp3) is 0.333. The van der Waals surface area contributed by atoms with Gasteiger partial charge in [0.05, 0.1) is 26.1 Å². The van der Waals surface area contributed by atoms with Crippen LogP contribution < -0.4 is 0 Å². The number of hydrogen-bond donors (Lipinski definition) is 0. The number of carbonyl (C=O) groups excluding carboxylic acids is 2. The number of esters is 1. The first-order valence-electron chi connectivity index (χ1n) is 9.60. The summed E-state index contributed by atoms with van der Waals surface area (Å²) >= 11 is 5.49. The Morgan fingerprint density at radius 3 is 1.81 bits per heavy atom. The minimum Gasteiger partial charge on any atom is -0.465 e. The van der Waals surface area contributed by atoms with Crippen LogP contribution in [0.4, 0.5) is 13.2 Å². The summed E-state index contributed by atoms with van der Waals surface area (Å²) in [7, 11) is 0. The van der Waals surface area contributed by atoms with Gasteiger partial charge in [0, 0.05) is 0 Å². The standard InChI is InChI=1S/C21H23F3NO5PS/c1-2-28-19(26)13-25(20(27)21(22,23)24)16-31(32,29-14-17-9-5-3-6-10-17)30-15-18-11-7-4-8-12-18/h3-12H,2,13-16H2,1H3. The minimum absolute atomic E-state index is 0.0274. The first kappa shape index (κ1) is 26.0. The second kappa shape index (κ2) is 12.1. The Morgan fingerprint density at radius 1 is 0.938 bits per heavy atom. The molecule has 2 aromatic carbocycles. The monoisotopic (exact) mass is 489 g/mol. The summed E-state index contributed by atoms with van der Waals surface area (Å²) in [5.41, 5.74) is 1.45. The molecule has 1 amide bonds. The van der Waals surface area contributed by atoms with Crippen molar-refractivity contribution < 1.29 is 36.5 Å². The Hall–Kier alpha value is -2.26. The topological polar surface area (TPSA) is 65.1 Å². The molecule has 0 spiro atoms. The Kier molecular flexibility index (Phi) is 9.84. The van der Waals surface area contributed by atoms with Crippen molar-refractivity contribution in [3.8, 4) is 0 Å². The van der Waals surface area contributed by atoms with Crippen LogP contribution in [-0.4, -0.2) is 42.4 Å². The number of benzene rings is 2. The van der Waals surface area contributed by atoms with Gasteiger partial charge >= 0.3 is 18.1 Å². The van der Waals surface area contributed by atoms with Crippen LogP contribution in [0.25, 0.3) is 0 Å². The van der Waals surface area contributed by atoms with Crippen LogP contribution in [0.5, 0.6) is 0 Å². The first-order chi connectivity index (χ1) is 15.1. The molecule has 0 saturated carbocycles. The Bertz CT molecular complexity index is 881. The lowest BCUT2D eigenvalue weighted by Crippen LogP contribution is -2.44. The number of amides is 1. The van der Waals surface area contributed by atoms with Crippen molar-refractivity contribution in [1.29, 1.82) is 0 Å². The van der Waals surface area contributed by atoms with Gasteiger partial charge in [0.25, 0.3) is 0 Å². The van der Waals surface area contributed by atoms with E-state index in [1.165, 1.54) is 6.92 Å². The molecule has 0 aliphatic rings. The molecule has 0 aliphatic heterocycles. The van der Waals surface area contributed by atoms with E-state index < -0.39 is 37.4 Å². The molecular weight excluding hydrogens is 466 g/mol. The maximum Gasteiger partial charge on any atom is 0.471 e. The largest absolute Gasteiger partial charge is 0.471 e. The SMILES string of the molecule is CCOC(=O)CN(CP(=S)(OCc1ccccc1)OCc1ccccc1)C(=O)C(F)(F)F. The van der Waals surface area contributed by atoms with Gasteiger partial charge in [-0.1, -0.05) is 60.7 Å². The van der Waals surface area contributed by atoms with E-state index >= 15 is 0 Å². The van der Waals surface area contributed by atoms with E-state index in [4.69, 9.17) is 25.6 Å². The summed E-state index contributed by atoms with van der Waals surface area (Å²) in [6.45, 7) is -2.99. The summed E-state index contributed by atoms with van der Waals surface area (Å²) in [5.74, 6) is -3.20. The zero-order valence-corrected chi connectivity index (χ0v) is 19.0. The average molecular weight is 489 g/mol. The molecule has 11 heteroatoms. The third-order valence-corrected chi connectivity index (χ3v) is 6.75. The van der Waals surface area contributed by atoms with Crippen LogP contribution in [0, 0.1) is 0 Å². The lowest BCUT2D eigenvalue weighted by Gasteiger charge is -2.30. The van der Waals surface area contributed by atoms with E-state index in [2.05, 4.69) is 0 Å². The number of carbonyl (C=O) groups is 2. The zero-order valence-electron chi connectivity index (χ0n) is 17.3. The molecule has 2 rings (SSSR count). The van der Waals surface area contributed by atoms with E-state index in [1.54, 1.807) is 60.7 Å². The molecule has 6 nitrogen and oxygen atoms in total. The number of ether oxygens (including phenoxy) is 1. The normalized spacial score (nSPS) is 11.8. The quantitative estimate of drug-likeness (QED) is 0.339. The summed E-state index contributed by atoms with van der Waals surface area (Å²) in [5, 5.41) is 0. The summed E-state index contributed by atoms with van der Waals surface area (Å²) in [4.78, 5) is 24.1. The van der Waals surface area contributed by atoms with Crippen LogP contribution in [-0.2, 0) is 48.4 Å². The molecule has 32 heavy (non-hydrogen) atoms. The van der Waals surface area contributed by atoms with Crippen LogP contribution in [0.15, 0.2) is 60.7 Å². The first-order valence-corrected chi connectivity index (χ1v) is 12.4. The molecule has 0 unspecified atom stereocenters. The highest BCUT2D eigenvalue weighted by Gasteiger charge is 2.45. The van der Waals surface area contributed by atoms with E-state index in [0.29, 0.717) is 0 Å². The number of nitrogens with zero attached hydrogens (tertiary/aromatic N) is 1. The molecule has 0 heterocycles. The van der Waals surface area contributed by atoms with Gasteiger partial charge in [0.15, 0.2) is 0 Å². The molecule has 0 aromatic heterocycles. The predicted octanol–water partition coefficient (Wildman–Crippen LogP) is 4.64. The van der Waals surface area contributed by atoms with Crippen LogP contribution in [0.1, 0.15) is 18.1 Å². The van der Waals surface area contributed by atoms with Crippen LogP contribution in [0.3, 0.4) is 0 Å². The maximum absolute atomic E-state index is 13.2. The van der Waals surface area contributed by atoms with Gasteiger partial charge in [-0.15, -0.1) is 0 Å². The van der Waals surface area contributed by atoms with Gasteiger partial charge in [-0.3, -0.25) is 9.59 Å². The molecule has 0 atom stereocenters. The molecule has 0 saturated heterocycles. The van der Waals surface area contributed by atoms with Crippen LogP contribution >= 0.6 is 6.49 Å². The molecule has 0 N–H and O–H groups in total. The third kappa shape index (κ3) is 8.70. The summed E-state index contributed by atoms with van der Waals surface area (Å²) in [6.07, 6.45) is -5.91. The van der Waals surface area contributed by atoms with Crippen molar-refractivity contribution in [2.45, 2.75) is 26.3 Å². The predicted molar refractivity (Wildman–Crippen MR) is 116 cm³/mol. The van der Waals surface area contributed by atoms with Crippen LogP contribution in [0.2, 0.25) is 0 Å². The van der Waals surface area contributed by atoms with Crippen molar-refractivity contribution in [3.63, 3.8) is 0 Å². The van der Waals surface area contributed by atoms with Gasteiger partial charge < -0.3 is 18.7 Å². The molecule has 2 aromatic rings. The van der Waals surface area contributed by atoms with E-state index in [1.807, 2.05) is 0 Å². The van der Waals surface area contributed by atoms with Gasteiger partial charge in [-0.2, -0.15) is 13.2 Å². The van der Waals surface area contributed by atoms with Crippen molar-refractivity contribution in [2.24, 2.45) is 0 Å². The van der Waals surface area contributed by atoms with E-state index in [9.17, 15) is 22.8 Å². The highest BCUT2D eigenvalue weighted by atomic mass is 32.5. The Balaban J connectivity index is 2.25. The molecule has 0 bridgehead atoms. The molecule has 0 radical (unpaired) electrons. The highest BCUT2D eigenvalue weighted by molar-refractivity contribution is 8.09. The van der Waals surface area contributed by atoms with Gasteiger partial charge in [0.2, 0.25) is 6.49 Å². The van der Waals surface area contributed by atoms with E-state index in [-0.39, 0.29) is 24.7 Å². The lowest BCUT2D eigenvalue weighted by atomic mass is 10.2. The second-order valence-electron chi connectivity index (χ2n) is 6.58. The maximum atomic E-state index is 13.2. The molecular formula is C21H23F3NO5PS. The van der Waals surface area contributed by atoms with Crippen molar-refractivity contribution in [3.05, 3.63) is 71.8 Å². The van der Waals surface area contributed by atoms with E-state index in [0.717, 1.165) is 11.1 Å². The smallest absolute Gasteiger partial charge is 0.465 e. The number of alkyl halides is 3. The Labute approximate surface area is 189 Å². The minimum atomic E-state index is -5.20. The summed E-state index contributed by atoms with van der Waals surface area (Å²) in [6, 6.07) is 17.7. The molecule has 0 aliphatic carbocycles. The highest BCUT2D eigenvalue weighted by Crippen LogP contribution is 2.51. The van der Waals surface area contributed by atoms with Crippen molar-refractivity contribution >= 4 is 30.2 Å². The number of halogens is 3. The fourth-order valence-electron chi connectivity index (χ4n) is 2.55. The number of rotatable bonds is 11. The van der Waals surface area contributed by atoms with Gasteiger partial charge in [-0.25, -0.2) is 0 Å². The molecule has 0 fully saturated rings. The Morgan fingerprint density at radius 2 is 1.41 bits per heavy atom. The third-order valence-electron chi connectivity index (χ3n) is 4.04.